The van der Waals surface area contributed by atoms with Gasteiger partial charge in [0.25, 0.3) is 0 Å². The number of hydrogen-bond acceptors (Lipinski definition) is 3. The van der Waals surface area contributed by atoms with Crippen LogP contribution in [0.3, 0.4) is 0 Å². The summed E-state index contributed by atoms with van der Waals surface area (Å²) in [6, 6.07) is 4.65. The molecule has 5 heteroatoms. The van der Waals surface area contributed by atoms with Gasteiger partial charge in [-0.05, 0) is 49.1 Å². The molecule has 2 fully saturated rings. The van der Waals surface area contributed by atoms with Gasteiger partial charge < -0.3 is 10.0 Å². The zero-order valence-electron chi connectivity index (χ0n) is 11.6. The van der Waals surface area contributed by atoms with Crippen LogP contribution in [-0.4, -0.2) is 35.2 Å². The second-order valence-corrected chi connectivity index (χ2v) is 6.31. The van der Waals surface area contributed by atoms with Gasteiger partial charge in [0, 0.05) is 25.1 Å². The molecule has 3 nitrogen and oxygen atoms in total. The third-order valence-corrected chi connectivity index (χ3v) is 4.17. The molecule has 2 saturated carbocycles. The van der Waals surface area contributed by atoms with Gasteiger partial charge >= 0.3 is 7.12 Å². The Kier molecular flexibility index (Phi) is 4.10. The standard InChI is InChI=1S/C15H21BFNO2/c17-15-6-5-13(7-14(15)16(19)20)10-18(8-11-1-2-11)9-12-3-4-12/h5-7,11-12,19-20H,1-4,8-10H2. The predicted octanol–water partition coefficient (Wildman–Crippen LogP) is 1.13. The van der Waals surface area contributed by atoms with Crippen LogP contribution < -0.4 is 5.46 Å². The smallest absolute Gasteiger partial charge is 0.423 e. The van der Waals surface area contributed by atoms with Gasteiger partial charge in [0.15, 0.2) is 0 Å². The van der Waals surface area contributed by atoms with Gasteiger partial charge in [-0.3, -0.25) is 4.90 Å². The van der Waals surface area contributed by atoms with Gasteiger partial charge in [0.2, 0.25) is 0 Å². The van der Waals surface area contributed by atoms with E-state index in [9.17, 15) is 14.4 Å². The topological polar surface area (TPSA) is 43.7 Å². The first-order chi connectivity index (χ1) is 9.61. The van der Waals surface area contributed by atoms with Crippen molar-refractivity contribution in [3.63, 3.8) is 0 Å². The van der Waals surface area contributed by atoms with Crippen molar-refractivity contribution in [2.75, 3.05) is 13.1 Å². The van der Waals surface area contributed by atoms with Crippen molar-refractivity contribution >= 4 is 12.6 Å². The molecule has 0 saturated heterocycles. The third-order valence-electron chi connectivity index (χ3n) is 4.17. The van der Waals surface area contributed by atoms with E-state index in [0.717, 1.165) is 37.0 Å². The Balaban J connectivity index is 1.67. The Hall–Kier alpha value is -0.905. The fraction of sp³-hybridized carbons (Fsp3) is 0.600. The van der Waals surface area contributed by atoms with Crippen LogP contribution in [0.2, 0.25) is 0 Å². The largest absolute Gasteiger partial charge is 0.491 e. The summed E-state index contributed by atoms with van der Waals surface area (Å²) < 4.78 is 13.5. The van der Waals surface area contributed by atoms with E-state index < -0.39 is 12.9 Å². The van der Waals surface area contributed by atoms with Gasteiger partial charge in [-0.15, -0.1) is 0 Å². The van der Waals surface area contributed by atoms with Crippen molar-refractivity contribution in [2.45, 2.75) is 32.2 Å². The highest BCUT2D eigenvalue weighted by Crippen LogP contribution is 2.34. The SMILES string of the molecule is OB(O)c1cc(CN(CC2CC2)CC2CC2)ccc1F. The molecular weight excluding hydrogens is 256 g/mol. The van der Waals surface area contributed by atoms with E-state index >= 15 is 0 Å². The second-order valence-electron chi connectivity index (χ2n) is 6.31. The summed E-state index contributed by atoms with van der Waals surface area (Å²) in [6.45, 7) is 3.00. The maximum Gasteiger partial charge on any atom is 0.491 e. The van der Waals surface area contributed by atoms with Crippen LogP contribution in [0.15, 0.2) is 18.2 Å². The maximum atomic E-state index is 13.5. The molecule has 0 spiro atoms. The first kappa shape index (κ1) is 14.0. The minimum absolute atomic E-state index is 0.0275. The Morgan fingerprint density at radius 2 is 1.70 bits per heavy atom. The molecule has 20 heavy (non-hydrogen) atoms. The average Bonchev–Trinajstić information content (AvgIpc) is 3.27. The first-order valence-electron chi connectivity index (χ1n) is 7.48. The minimum Gasteiger partial charge on any atom is -0.423 e. The Labute approximate surface area is 119 Å². The maximum absolute atomic E-state index is 13.5. The van der Waals surface area contributed by atoms with Gasteiger partial charge in [0.1, 0.15) is 5.82 Å². The highest BCUT2D eigenvalue weighted by atomic mass is 19.1. The van der Waals surface area contributed by atoms with Gasteiger partial charge in [0.05, 0.1) is 0 Å². The molecule has 0 aromatic heterocycles. The molecule has 0 heterocycles. The number of rotatable bonds is 7. The van der Waals surface area contributed by atoms with Crippen molar-refractivity contribution in [3.8, 4) is 0 Å². The van der Waals surface area contributed by atoms with E-state index in [2.05, 4.69) is 4.90 Å². The number of nitrogens with zero attached hydrogens (tertiary/aromatic N) is 1. The normalized spacial score (nSPS) is 18.6. The zero-order valence-corrected chi connectivity index (χ0v) is 11.6. The van der Waals surface area contributed by atoms with E-state index in [1.165, 1.54) is 31.7 Å². The number of halogens is 1. The Bertz CT molecular complexity index is 461. The van der Waals surface area contributed by atoms with E-state index in [4.69, 9.17) is 0 Å². The quantitative estimate of drug-likeness (QED) is 0.734. The van der Waals surface area contributed by atoms with E-state index in [-0.39, 0.29) is 5.46 Å². The van der Waals surface area contributed by atoms with Crippen molar-refractivity contribution < 1.29 is 14.4 Å². The molecule has 0 radical (unpaired) electrons. The van der Waals surface area contributed by atoms with Crippen molar-refractivity contribution in [1.29, 1.82) is 0 Å². The molecule has 108 valence electrons. The summed E-state index contributed by atoms with van der Waals surface area (Å²) in [6.07, 6.45) is 5.30. The van der Waals surface area contributed by atoms with Crippen LogP contribution in [0.5, 0.6) is 0 Å². The second kappa shape index (κ2) is 5.84. The highest BCUT2D eigenvalue weighted by molar-refractivity contribution is 6.58. The van der Waals surface area contributed by atoms with E-state index in [0.29, 0.717) is 0 Å². The van der Waals surface area contributed by atoms with Crippen LogP contribution in [-0.2, 0) is 6.54 Å². The van der Waals surface area contributed by atoms with Gasteiger partial charge in [-0.25, -0.2) is 4.39 Å². The fourth-order valence-corrected chi connectivity index (χ4v) is 2.68. The summed E-state index contributed by atoms with van der Waals surface area (Å²) in [4.78, 5) is 2.44. The molecule has 0 bridgehead atoms. The fourth-order valence-electron chi connectivity index (χ4n) is 2.68. The molecule has 0 atom stereocenters. The summed E-state index contributed by atoms with van der Waals surface area (Å²) in [5.41, 5.74) is 0.927. The monoisotopic (exact) mass is 277 g/mol. The van der Waals surface area contributed by atoms with Crippen LogP contribution in [0.25, 0.3) is 0 Å². The molecule has 2 aliphatic carbocycles. The van der Waals surface area contributed by atoms with Crippen LogP contribution >= 0.6 is 0 Å². The molecular formula is C15H21BFNO2. The van der Waals surface area contributed by atoms with Crippen LogP contribution in [0, 0.1) is 17.7 Å². The van der Waals surface area contributed by atoms with Gasteiger partial charge in [-0.1, -0.05) is 12.1 Å². The summed E-state index contributed by atoms with van der Waals surface area (Å²) >= 11 is 0. The predicted molar refractivity (Wildman–Crippen MR) is 77.0 cm³/mol. The lowest BCUT2D eigenvalue weighted by Crippen LogP contribution is -2.34. The average molecular weight is 277 g/mol. The molecule has 1 aromatic rings. The van der Waals surface area contributed by atoms with Crippen LogP contribution in [0.4, 0.5) is 4.39 Å². The molecule has 0 amide bonds. The summed E-state index contributed by atoms with van der Waals surface area (Å²) in [5.74, 6) is 1.11. The minimum atomic E-state index is -1.74. The lowest BCUT2D eigenvalue weighted by molar-refractivity contribution is 0.244. The molecule has 3 rings (SSSR count). The Morgan fingerprint density at radius 3 is 2.20 bits per heavy atom. The van der Waals surface area contributed by atoms with Crippen LogP contribution in [0.1, 0.15) is 31.2 Å². The van der Waals surface area contributed by atoms with Crippen molar-refractivity contribution in [2.24, 2.45) is 11.8 Å². The molecule has 0 unspecified atom stereocenters. The molecule has 0 aliphatic heterocycles. The lowest BCUT2D eigenvalue weighted by atomic mass is 9.79. The summed E-state index contributed by atoms with van der Waals surface area (Å²) in [7, 11) is -1.74. The first-order valence-corrected chi connectivity index (χ1v) is 7.48. The Morgan fingerprint density at radius 1 is 1.10 bits per heavy atom. The molecule has 2 N–H and O–H groups in total. The van der Waals surface area contributed by atoms with Crippen molar-refractivity contribution in [1.82, 2.24) is 4.90 Å². The highest BCUT2D eigenvalue weighted by Gasteiger charge is 2.29. The number of benzene rings is 1. The molecule has 1 aromatic carbocycles. The zero-order chi connectivity index (χ0) is 14.1. The third kappa shape index (κ3) is 3.81. The lowest BCUT2D eigenvalue weighted by Gasteiger charge is -2.22. The molecule has 2 aliphatic rings. The van der Waals surface area contributed by atoms with E-state index in [1.54, 1.807) is 12.1 Å². The van der Waals surface area contributed by atoms with Crippen molar-refractivity contribution in [3.05, 3.63) is 29.6 Å². The number of hydrogen-bond donors (Lipinski definition) is 2. The summed E-state index contributed by atoms with van der Waals surface area (Å²) in [5, 5.41) is 18.4. The van der Waals surface area contributed by atoms with Gasteiger partial charge in [-0.2, -0.15) is 0 Å². The van der Waals surface area contributed by atoms with E-state index in [1.807, 2.05) is 0 Å².